The topological polar surface area (TPSA) is 96.0 Å². The van der Waals surface area contributed by atoms with Gasteiger partial charge in [0.25, 0.3) is 5.91 Å². The predicted molar refractivity (Wildman–Crippen MR) is 144 cm³/mol. The number of rotatable bonds is 6. The maximum absolute atomic E-state index is 13.2. The van der Waals surface area contributed by atoms with Crippen molar-refractivity contribution in [3.05, 3.63) is 91.0 Å². The fourth-order valence-corrected chi connectivity index (χ4v) is 4.61. The van der Waals surface area contributed by atoms with E-state index in [-0.39, 0.29) is 5.91 Å². The van der Waals surface area contributed by atoms with Crippen molar-refractivity contribution in [1.82, 2.24) is 20.2 Å². The van der Waals surface area contributed by atoms with Crippen LogP contribution in [0.4, 0.5) is 11.5 Å². The molecule has 5 aromatic rings. The Morgan fingerprint density at radius 2 is 1.76 bits per heavy atom. The van der Waals surface area contributed by atoms with Crippen LogP contribution in [0.25, 0.3) is 22.0 Å². The zero-order valence-electron chi connectivity index (χ0n) is 20.2. The molecular formula is C29H26N6O2. The average Bonchev–Trinajstić information content (AvgIpc) is 3.38. The molecule has 1 aliphatic heterocycles. The van der Waals surface area contributed by atoms with Crippen LogP contribution in [0.1, 0.15) is 29.8 Å². The summed E-state index contributed by atoms with van der Waals surface area (Å²) in [5.41, 5.74) is 3.59. The van der Waals surface area contributed by atoms with Crippen molar-refractivity contribution in [2.75, 3.05) is 23.3 Å². The molecule has 1 saturated heterocycles. The molecule has 0 saturated carbocycles. The smallest absolute Gasteiger partial charge is 0.276 e. The van der Waals surface area contributed by atoms with Crippen LogP contribution in [0.2, 0.25) is 0 Å². The Hall–Kier alpha value is -4.72. The standard InChI is InChI=1S/C29H26N6O2/c36-29(32-22-11-12-31-27(17-22)35-13-5-2-6-14-35)28-25-16-20(9-10-26(25)33-34-28)21-15-24(19-30-18-21)37-23-7-3-1-4-8-23/h1,3-4,7-12,15-19H,2,5-6,13-14H2,(H,33,34)(H,31,32,36). The van der Waals surface area contributed by atoms with Crippen LogP contribution in [-0.4, -0.2) is 39.2 Å². The summed E-state index contributed by atoms with van der Waals surface area (Å²) >= 11 is 0. The molecule has 4 heterocycles. The van der Waals surface area contributed by atoms with E-state index < -0.39 is 0 Å². The van der Waals surface area contributed by atoms with Crippen molar-refractivity contribution >= 4 is 28.3 Å². The highest BCUT2D eigenvalue weighted by atomic mass is 16.5. The van der Waals surface area contributed by atoms with Gasteiger partial charge in [-0.25, -0.2) is 4.98 Å². The minimum absolute atomic E-state index is 0.279. The molecule has 0 bridgehead atoms. The van der Waals surface area contributed by atoms with Crippen LogP contribution in [0.15, 0.2) is 85.3 Å². The maximum atomic E-state index is 13.2. The zero-order chi connectivity index (χ0) is 25.0. The lowest BCUT2D eigenvalue weighted by atomic mass is 10.0. The van der Waals surface area contributed by atoms with Gasteiger partial charge in [-0.3, -0.25) is 14.9 Å². The van der Waals surface area contributed by atoms with Crippen LogP contribution in [0, 0.1) is 0 Å². The largest absolute Gasteiger partial charge is 0.456 e. The summed E-state index contributed by atoms with van der Waals surface area (Å²) < 4.78 is 5.94. The second-order valence-corrected chi connectivity index (χ2v) is 9.06. The Labute approximate surface area is 214 Å². The summed E-state index contributed by atoms with van der Waals surface area (Å²) in [5.74, 6) is 1.98. The first kappa shape index (κ1) is 22.7. The van der Waals surface area contributed by atoms with Crippen LogP contribution >= 0.6 is 0 Å². The first-order valence-corrected chi connectivity index (χ1v) is 12.4. The molecule has 184 valence electrons. The third kappa shape index (κ3) is 4.99. The van der Waals surface area contributed by atoms with E-state index >= 15 is 0 Å². The van der Waals surface area contributed by atoms with Crippen molar-refractivity contribution in [1.29, 1.82) is 0 Å². The highest BCUT2D eigenvalue weighted by Gasteiger charge is 2.17. The lowest BCUT2D eigenvalue weighted by Crippen LogP contribution is -2.30. The first-order chi connectivity index (χ1) is 18.2. The summed E-state index contributed by atoms with van der Waals surface area (Å²) in [4.78, 5) is 24.3. The number of benzene rings is 2. The number of hydrogen-bond acceptors (Lipinski definition) is 6. The summed E-state index contributed by atoms with van der Waals surface area (Å²) in [6.07, 6.45) is 8.77. The van der Waals surface area contributed by atoms with Crippen LogP contribution in [-0.2, 0) is 0 Å². The molecule has 1 fully saturated rings. The molecule has 0 aliphatic carbocycles. The minimum atomic E-state index is -0.279. The average molecular weight is 491 g/mol. The third-order valence-electron chi connectivity index (χ3n) is 6.49. The summed E-state index contributed by atoms with van der Waals surface area (Å²) in [6, 6.07) is 21.1. The van der Waals surface area contributed by atoms with Gasteiger partial charge in [0, 0.05) is 48.2 Å². The first-order valence-electron chi connectivity index (χ1n) is 12.4. The van der Waals surface area contributed by atoms with Crippen LogP contribution in [0.5, 0.6) is 11.5 Å². The number of anilines is 2. The molecule has 0 spiro atoms. The van der Waals surface area contributed by atoms with Crippen LogP contribution < -0.4 is 15.0 Å². The van der Waals surface area contributed by atoms with Gasteiger partial charge in [0.05, 0.1) is 11.7 Å². The molecule has 37 heavy (non-hydrogen) atoms. The van der Waals surface area contributed by atoms with Crippen molar-refractivity contribution in [2.24, 2.45) is 0 Å². The molecule has 2 aromatic carbocycles. The number of carbonyl (C=O) groups excluding carboxylic acids is 1. The Balaban J connectivity index is 1.24. The quantitative estimate of drug-likeness (QED) is 0.301. The molecule has 0 radical (unpaired) electrons. The van der Waals surface area contributed by atoms with Crippen molar-refractivity contribution in [2.45, 2.75) is 19.3 Å². The fourth-order valence-electron chi connectivity index (χ4n) is 4.61. The van der Waals surface area contributed by atoms with Gasteiger partial charge in [0.1, 0.15) is 17.3 Å². The number of aromatic amines is 1. The molecule has 8 nitrogen and oxygen atoms in total. The molecule has 2 N–H and O–H groups in total. The third-order valence-corrected chi connectivity index (χ3v) is 6.49. The number of pyridine rings is 2. The number of nitrogens with zero attached hydrogens (tertiary/aromatic N) is 4. The number of piperidine rings is 1. The SMILES string of the molecule is O=C(Nc1ccnc(N2CCCCC2)c1)c1n[nH]c2ccc(-c3cncc(Oc4ccccc4)c3)cc12. The minimum Gasteiger partial charge on any atom is -0.456 e. The van der Waals surface area contributed by atoms with E-state index in [1.165, 1.54) is 6.42 Å². The number of fused-ring (bicyclic) bond motifs is 1. The summed E-state index contributed by atoms with van der Waals surface area (Å²) in [7, 11) is 0. The van der Waals surface area contributed by atoms with Gasteiger partial charge in [-0.05, 0) is 61.2 Å². The summed E-state index contributed by atoms with van der Waals surface area (Å²) in [5, 5.41) is 11.0. The molecule has 1 amide bonds. The van der Waals surface area contributed by atoms with E-state index in [4.69, 9.17) is 4.74 Å². The second kappa shape index (κ2) is 10.1. The molecule has 8 heteroatoms. The molecule has 6 rings (SSSR count). The van der Waals surface area contributed by atoms with E-state index in [0.29, 0.717) is 17.1 Å². The molecular weight excluding hydrogens is 464 g/mol. The van der Waals surface area contributed by atoms with Crippen molar-refractivity contribution in [3.8, 4) is 22.6 Å². The summed E-state index contributed by atoms with van der Waals surface area (Å²) in [6.45, 7) is 1.98. The van der Waals surface area contributed by atoms with Gasteiger partial charge in [0.2, 0.25) is 0 Å². The van der Waals surface area contributed by atoms with Gasteiger partial charge < -0.3 is 15.0 Å². The molecule has 1 aliphatic rings. The zero-order valence-corrected chi connectivity index (χ0v) is 20.2. The second-order valence-electron chi connectivity index (χ2n) is 9.06. The van der Waals surface area contributed by atoms with Gasteiger partial charge in [0.15, 0.2) is 5.69 Å². The number of hydrogen-bond donors (Lipinski definition) is 2. The lowest BCUT2D eigenvalue weighted by Gasteiger charge is -2.27. The van der Waals surface area contributed by atoms with Crippen molar-refractivity contribution in [3.63, 3.8) is 0 Å². The highest BCUT2D eigenvalue weighted by molar-refractivity contribution is 6.11. The Kier molecular flexibility index (Phi) is 6.21. The molecule has 0 unspecified atom stereocenters. The highest BCUT2D eigenvalue weighted by Crippen LogP contribution is 2.29. The maximum Gasteiger partial charge on any atom is 0.276 e. The van der Waals surface area contributed by atoms with Gasteiger partial charge in [-0.15, -0.1) is 0 Å². The van der Waals surface area contributed by atoms with Gasteiger partial charge >= 0.3 is 0 Å². The monoisotopic (exact) mass is 490 g/mol. The predicted octanol–water partition coefficient (Wildman–Crippen LogP) is 6.05. The Morgan fingerprint density at radius 1 is 0.892 bits per heavy atom. The number of H-pyrrole nitrogens is 1. The van der Waals surface area contributed by atoms with Crippen molar-refractivity contribution < 1.29 is 9.53 Å². The number of amides is 1. The number of carbonyl (C=O) groups is 1. The normalized spacial score (nSPS) is 13.5. The molecule has 0 atom stereocenters. The number of aromatic nitrogens is 4. The van der Waals surface area contributed by atoms with E-state index in [1.807, 2.05) is 60.7 Å². The Morgan fingerprint density at radius 3 is 2.62 bits per heavy atom. The van der Waals surface area contributed by atoms with Gasteiger partial charge in [-0.1, -0.05) is 24.3 Å². The van der Waals surface area contributed by atoms with E-state index in [9.17, 15) is 4.79 Å². The van der Waals surface area contributed by atoms with Crippen LogP contribution in [0.3, 0.4) is 0 Å². The van der Waals surface area contributed by atoms with Gasteiger partial charge in [-0.2, -0.15) is 5.10 Å². The number of ether oxygens (including phenoxy) is 1. The number of para-hydroxylation sites is 1. The van der Waals surface area contributed by atoms with E-state index in [2.05, 4.69) is 30.4 Å². The van der Waals surface area contributed by atoms with E-state index in [0.717, 1.165) is 59.5 Å². The number of nitrogens with one attached hydrogen (secondary N) is 2. The fraction of sp³-hybridized carbons (Fsp3) is 0.172. The molecule has 3 aromatic heterocycles. The lowest BCUT2D eigenvalue weighted by molar-refractivity contribution is 0.102. The Bertz CT molecular complexity index is 1540. The van der Waals surface area contributed by atoms with E-state index in [1.54, 1.807) is 24.7 Å².